The molecule has 0 atom stereocenters. The fourth-order valence-corrected chi connectivity index (χ4v) is 3.52. The van der Waals surface area contributed by atoms with Crippen molar-refractivity contribution in [3.8, 4) is 0 Å². The maximum atomic E-state index is 13.0. The molecule has 2 aromatic rings. The molecule has 1 aliphatic rings. The summed E-state index contributed by atoms with van der Waals surface area (Å²) < 4.78 is 1.67. The molecule has 27 heavy (non-hydrogen) atoms. The van der Waals surface area contributed by atoms with Crippen LogP contribution in [0, 0.1) is 6.92 Å². The Morgan fingerprint density at radius 2 is 1.81 bits per heavy atom. The lowest BCUT2D eigenvalue weighted by atomic mass is 10.2. The number of nitrogens with one attached hydrogen (secondary N) is 1. The van der Waals surface area contributed by atoms with Crippen molar-refractivity contribution in [2.45, 2.75) is 13.5 Å². The van der Waals surface area contributed by atoms with Crippen molar-refractivity contribution in [1.29, 1.82) is 0 Å². The zero-order chi connectivity index (χ0) is 19.4. The molecule has 0 bridgehead atoms. The Morgan fingerprint density at radius 1 is 1.15 bits per heavy atom. The summed E-state index contributed by atoms with van der Waals surface area (Å²) in [6, 6.07) is 9.88. The van der Waals surface area contributed by atoms with E-state index in [0.717, 1.165) is 5.56 Å². The molecule has 0 saturated carbocycles. The van der Waals surface area contributed by atoms with E-state index in [9.17, 15) is 9.59 Å². The minimum Gasteiger partial charge on any atom is -0.358 e. The third-order valence-electron chi connectivity index (χ3n) is 4.76. The molecule has 1 aromatic carbocycles. The number of likely N-dealkylation sites (N-methyl/N-ethyl adjacent to an activating group) is 1. The van der Waals surface area contributed by atoms with Crippen molar-refractivity contribution in [3.63, 3.8) is 0 Å². The first kappa shape index (κ1) is 19.4. The Kier molecular flexibility index (Phi) is 6.13. The van der Waals surface area contributed by atoms with Gasteiger partial charge in [-0.25, -0.2) is 4.68 Å². The molecule has 2 amide bonds. The number of nitrogens with zero attached hydrogens (tertiary/aromatic N) is 4. The fourth-order valence-electron chi connectivity index (χ4n) is 3.21. The Hall–Kier alpha value is -2.38. The third-order valence-corrected chi connectivity index (χ3v) is 5.14. The Labute approximate surface area is 163 Å². The van der Waals surface area contributed by atoms with Crippen molar-refractivity contribution in [3.05, 3.63) is 52.3 Å². The van der Waals surface area contributed by atoms with E-state index in [2.05, 4.69) is 10.4 Å². The van der Waals surface area contributed by atoms with Crippen LogP contribution in [0.1, 0.15) is 21.6 Å². The number of halogens is 1. The van der Waals surface area contributed by atoms with Crippen LogP contribution in [0.3, 0.4) is 0 Å². The number of hydrogen-bond donors (Lipinski definition) is 1. The average Bonchev–Trinajstić information content (AvgIpc) is 2.95. The topological polar surface area (TPSA) is 70.5 Å². The van der Waals surface area contributed by atoms with Crippen molar-refractivity contribution < 1.29 is 9.59 Å². The van der Waals surface area contributed by atoms with Gasteiger partial charge in [-0.3, -0.25) is 14.5 Å². The van der Waals surface area contributed by atoms with Gasteiger partial charge in [0, 0.05) is 33.2 Å². The lowest BCUT2D eigenvalue weighted by molar-refractivity contribution is -0.122. The smallest absolute Gasteiger partial charge is 0.258 e. The van der Waals surface area contributed by atoms with Crippen LogP contribution >= 0.6 is 11.6 Å². The van der Waals surface area contributed by atoms with Crippen LogP contribution in [-0.2, 0) is 11.3 Å². The highest BCUT2D eigenvalue weighted by molar-refractivity contribution is 6.33. The monoisotopic (exact) mass is 389 g/mol. The van der Waals surface area contributed by atoms with Gasteiger partial charge in [-0.2, -0.15) is 5.10 Å². The van der Waals surface area contributed by atoms with E-state index in [0.29, 0.717) is 55.7 Å². The standard InChI is InChI=1S/C19H24ClN5O2/c1-14-17(18(20)25(22-14)12-15-6-4-3-5-7-15)19(27)24-10-8-23(9-11-24)13-16(26)21-2/h3-7H,8-13H2,1-2H3,(H,21,26). The molecule has 0 unspecified atom stereocenters. The second kappa shape index (κ2) is 8.54. The minimum absolute atomic E-state index is 0.0177. The second-order valence-electron chi connectivity index (χ2n) is 6.64. The van der Waals surface area contributed by atoms with E-state index in [1.54, 1.807) is 16.6 Å². The lowest BCUT2D eigenvalue weighted by Gasteiger charge is -2.34. The molecule has 0 radical (unpaired) electrons. The van der Waals surface area contributed by atoms with Crippen LogP contribution in [0.4, 0.5) is 0 Å². The second-order valence-corrected chi connectivity index (χ2v) is 6.99. The van der Waals surface area contributed by atoms with E-state index >= 15 is 0 Å². The molecule has 7 nitrogen and oxygen atoms in total. The molecule has 1 aliphatic heterocycles. The summed E-state index contributed by atoms with van der Waals surface area (Å²) in [5.41, 5.74) is 2.17. The molecule has 144 valence electrons. The summed E-state index contributed by atoms with van der Waals surface area (Å²) in [6.07, 6.45) is 0. The van der Waals surface area contributed by atoms with Crippen molar-refractivity contribution in [1.82, 2.24) is 24.9 Å². The summed E-state index contributed by atoms with van der Waals surface area (Å²) in [7, 11) is 1.62. The van der Waals surface area contributed by atoms with E-state index < -0.39 is 0 Å². The molecule has 8 heteroatoms. The van der Waals surface area contributed by atoms with Gasteiger partial charge in [-0.05, 0) is 12.5 Å². The highest BCUT2D eigenvalue weighted by Crippen LogP contribution is 2.23. The van der Waals surface area contributed by atoms with Crippen LogP contribution in [-0.4, -0.2) is 71.2 Å². The van der Waals surface area contributed by atoms with Gasteiger partial charge in [0.05, 0.1) is 24.3 Å². The molecule has 2 heterocycles. The number of amides is 2. The molecule has 3 rings (SSSR count). The maximum Gasteiger partial charge on any atom is 0.258 e. The lowest BCUT2D eigenvalue weighted by Crippen LogP contribution is -2.51. The Balaban J connectivity index is 1.68. The molecule has 0 aliphatic carbocycles. The largest absolute Gasteiger partial charge is 0.358 e. The van der Waals surface area contributed by atoms with Gasteiger partial charge in [0.15, 0.2) is 0 Å². The normalized spacial score (nSPS) is 15.0. The molecule has 1 N–H and O–H groups in total. The molecular formula is C19H24ClN5O2. The zero-order valence-corrected chi connectivity index (χ0v) is 16.4. The van der Waals surface area contributed by atoms with E-state index in [1.165, 1.54) is 0 Å². The quantitative estimate of drug-likeness (QED) is 0.839. The van der Waals surface area contributed by atoms with E-state index in [4.69, 9.17) is 11.6 Å². The van der Waals surface area contributed by atoms with Gasteiger partial charge in [0.2, 0.25) is 5.91 Å². The van der Waals surface area contributed by atoms with Gasteiger partial charge < -0.3 is 10.2 Å². The van der Waals surface area contributed by atoms with Gasteiger partial charge >= 0.3 is 0 Å². The molecular weight excluding hydrogens is 366 g/mol. The van der Waals surface area contributed by atoms with Gasteiger partial charge in [-0.15, -0.1) is 0 Å². The van der Waals surface area contributed by atoms with Crippen LogP contribution < -0.4 is 5.32 Å². The summed E-state index contributed by atoms with van der Waals surface area (Å²) >= 11 is 6.50. The number of carbonyl (C=O) groups excluding carboxylic acids is 2. The van der Waals surface area contributed by atoms with Crippen molar-refractivity contribution in [2.75, 3.05) is 39.8 Å². The van der Waals surface area contributed by atoms with Gasteiger partial charge in [0.1, 0.15) is 5.15 Å². The number of aryl methyl sites for hydroxylation is 1. The SMILES string of the molecule is CNC(=O)CN1CCN(C(=O)c2c(C)nn(Cc3ccccc3)c2Cl)CC1. The molecule has 1 fully saturated rings. The Morgan fingerprint density at radius 3 is 2.44 bits per heavy atom. The molecule has 1 aromatic heterocycles. The number of aromatic nitrogens is 2. The number of benzene rings is 1. The highest BCUT2D eigenvalue weighted by Gasteiger charge is 2.28. The van der Waals surface area contributed by atoms with Gasteiger partial charge in [-0.1, -0.05) is 41.9 Å². The first-order chi connectivity index (χ1) is 13.0. The molecule has 0 spiro atoms. The Bertz CT molecular complexity index is 813. The minimum atomic E-state index is -0.101. The van der Waals surface area contributed by atoms with E-state index in [-0.39, 0.29) is 11.8 Å². The van der Waals surface area contributed by atoms with Crippen molar-refractivity contribution >= 4 is 23.4 Å². The average molecular weight is 390 g/mol. The predicted octanol–water partition coefficient (Wildman–Crippen LogP) is 1.40. The third kappa shape index (κ3) is 4.48. The first-order valence-electron chi connectivity index (χ1n) is 8.98. The number of hydrogen-bond acceptors (Lipinski definition) is 4. The molecule has 1 saturated heterocycles. The van der Waals surface area contributed by atoms with Crippen LogP contribution in [0.2, 0.25) is 5.15 Å². The van der Waals surface area contributed by atoms with Crippen molar-refractivity contribution in [2.24, 2.45) is 0 Å². The van der Waals surface area contributed by atoms with E-state index in [1.807, 2.05) is 42.2 Å². The first-order valence-corrected chi connectivity index (χ1v) is 9.36. The highest BCUT2D eigenvalue weighted by atomic mass is 35.5. The van der Waals surface area contributed by atoms with Gasteiger partial charge in [0.25, 0.3) is 5.91 Å². The summed E-state index contributed by atoms with van der Waals surface area (Å²) in [6.45, 7) is 5.14. The maximum absolute atomic E-state index is 13.0. The summed E-state index contributed by atoms with van der Waals surface area (Å²) in [5.74, 6) is -0.118. The number of rotatable bonds is 5. The van der Waals surface area contributed by atoms with Crippen LogP contribution in [0.15, 0.2) is 30.3 Å². The fraction of sp³-hybridized carbons (Fsp3) is 0.421. The summed E-state index contributed by atoms with van der Waals surface area (Å²) in [5, 5.41) is 7.45. The summed E-state index contributed by atoms with van der Waals surface area (Å²) in [4.78, 5) is 28.3. The number of carbonyl (C=O) groups is 2. The van der Waals surface area contributed by atoms with Crippen LogP contribution in [0.25, 0.3) is 0 Å². The predicted molar refractivity (Wildman–Crippen MR) is 104 cm³/mol. The zero-order valence-electron chi connectivity index (χ0n) is 15.6. The van der Waals surface area contributed by atoms with Crippen LogP contribution in [0.5, 0.6) is 0 Å². The number of piperazine rings is 1.